The van der Waals surface area contributed by atoms with Gasteiger partial charge in [0.2, 0.25) is 15.9 Å². The lowest BCUT2D eigenvalue weighted by Crippen LogP contribution is -2.39. The molecule has 32 heavy (non-hydrogen) atoms. The summed E-state index contributed by atoms with van der Waals surface area (Å²) >= 11 is 0. The van der Waals surface area contributed by atoms with E-state index < -0.39 is 10.0 Å². The number of amides is 1. The first-order valence-corrected chi connectivity index (χ1v) is 12.6. The number of piperidine rings is 1. The van der Waals surface area contributed by atoms with Crippen LogP contribution < -0.4 is 5.32 Å². The Morgan fingerprint density at radius 3 is 2.62 bits per heavy atom. The largest absolute Gasteiger partial charge is 0.464 e. The SMILES string of the molecule is CC(C)c1ccc2occ(CC(=O)Nc3ccc(S(=O)(=O)N4CCC[C@@H](C)C4)cc3)c2c1. The Morgan fingerprint density at radius 2 is 1.94 bits per heavy atom. The monoisotopic (exact) mass is 454 g/mol. The molecule has 1 fully saturated rings. The third-order valence-corrected chi connectivity index (χ3v) is 7.97. The summed E-state index contributed by atoms with van der Waals surface area (Å²) in [5.74, 6) is 0.578. The number of fused-ring (bicyclic) bond motifs is 1. The van der Waals surface area contributed by atoms with Gasteiger partial charge in [-0.2, -0.15) is 4.31 Å². The summed E-state index contributed by atoms with van der Waals surface area (Å²) in [5.41, 5.74) is 3.36. The van der Waals surface area contributed by atoms with Crippen molar-refractivity contribution < 1.29 is 17.6 Å². The fourth-order valence-corrected chi connectivity index (χ4v) is 5.80. The molecule has 6 nitrogen and oxygen atoms in total. The van der Waals surface area contributed by atoms with Gasteiger partial charge in [0.15, 0.2) is 0 Å². The normalized spacial score (nSPS) is 17.7. The second-order valence-corrected chi connectivity index (χ2v) is 11.0. The van der Waals surface area contributed by atoms with Gasteiger partial charge in [-0.3, -0.25) is 4.79 Å². The van der Waals surface area contributed by atoms with E-state index >= 15 is 0 Å². The van der Waals surface area contributed by atoms with Crippen LogP contribution in [0.3, 0.4) is 0 Å². The van der Waals surface area contributed by atoms with Gasteiger partial charge in [0.1, 0.15) is 5.58 Å². The molecule has 1 atom stereocenters. The molecule has 1 aliphatic rings. The number of rotatable bonds is 6. The van der Waals surface area contributed by atoms with Crippen molar-refractivity contribution >= 4 is 32.6 Å². The van der Waals surface area contributed by atoms with E-state index in [1.54, 1.807) is 34.8 Å². The summed E-state index contributed by atoms with van der Waals surface area (Å²) < 4.78 is 33.0. The molecule has 1 aromatic heterocycles. The molecule has 0 spiro atoms. The van der Waals surface area contributed by atoms with Crippen molar-refractivity contribution in [1.29, 1.82) is 0 Å². The smallest absolute Gasteiger partial charge is 0.243 e. The van der Waals surface area contributed by atoms with Gasteiger partial charge in [-0.15, -0.1) is 0 Å². The van der Waals surface area contributed by atoms with Crippen LogP contribution in [0, 0.1) is 5.92 Å². The van der Waals surface area contributed by atoms with E-state index in [0.717, 1.165) is 29.4 Å². The van der Waals surface area contributed by atoms with Crippen LogP contribution in [0.25, 0.3) is 11.0 Å². The van der Waals surface area contributed by atoms with Crippen molar-refractivity contribution in [1.82, 2.24) is 4.31 Å². The van der Waals surface area contributed by atoms with Gasteiger partial charge in [-0.25, -0.2) is 8.42 Å². The van der Waals surface area contributed by atoms with E-state index in [4.69, 9.17) is 4.42 Å². The van der Waals surface area contributed by atoms with Gasteiger partial charge in [0.25, 0.3) is 0 Å². The molecule has 1 aliphatic heterocycles. The van der Waals surface area contributed by atoms with Crippen molar-refractivity contribution in [3.05, 3.63) is 59.9 Å². The number of nitrogens with zero attached hydrogens (tertiary/aromatic N) is 1. The minimum Gasteiger partial charge on any atom is -0.464 e. The minimum atomic E-state index is -3.51. The third kappa shape index (κ3) is 4.74. The molecule has 1 N–H and O–H groups in total. The highest BCUT2D eigenvalue weighted by Crippen LogP contribution is 2.27. The Kier molecular flexibility index (Phi) is 6.40. The topological polar surface area (TPSA) is 79.6 Å². The molecule has 0 aliphatic carbocycles. The molecule has 1 amide bonds. The van der Waals surface area contributed by atoms with Crippen molar-refractivity contribution in [3.8, 4) is 0 Å². The van der Waals surface area contributed by atoms with Crippen molar-refractivity contribution in [3.63, 3.8) is 0 Å². The van der Waals surface area contributed by atoms with Crippen LogP contribution in [0.1, 0.15) is 50.7 Å². The fourth-order valence-electron chi connectivity index (χ4n) is 4.20. The fraction of sp³-hybridized carbons (Fsp3) is 0.400. The zero-order valence-corrected chi connectivity index (χ0v) is 19.6. The van der Waals surface area contributed by atoms with Crippen LogP contribution in [0.4, 0.5) is 5.69 Å². The lowest BCUT2D eigenvalue weighted by molar-refractivity contribution is -0.115. The highest BCUT2D eigenvalue weighted by molar-refractivity contribution is 7.89. The van der Waals surface area contributed by atoms with Crippen molar-refractivity contribution in [2.45, 2.75) is 50.8 Å². The molecule has 0 unspecified atom stereocenters. The van der Waals surface area contributed by atoms with Crippen molar-refractivity contribution in [2.75, 3.05) is 18.4 Å². The number of hydrogen-bond donors (Lipinski definition) is 1. The van der Waals surface area contributed by atoms with Crippen LogP contribution in [-0.4, -0.2) is 31.7 Å². The highest BCUT2D eigenvalue weighted by atomic mass is 32.2. The molecule has 2 aromatic carbocycles. The number of carbonyl (C=O) groups is 1. The first-order valence-electron chi connectivity index (χ1n) is 11.1. The summed E-state index contributed by atoms with van der Waals surface area (Å²) in [6.45, 7) is 7.44. The molecule has 3 aromatic rings. The second-order valence-electron chi connectivity index (χ2n) is 9.03. The Morgan fingerprint density at radius 1 is 1.19 bits per heavy atom. The Labute approximate surface area is 189 Å². The number of furan rings is 1. The predicted octanol–water partition coefficient (Wildman–Crippen LogP) is 5.16. The number of carbonyl (C=O) groups excluding carboxylic acids is 1. The second kappa shape index (κ2) is 9.08. The van der Waals surface area contributed by atoms with Crippen molar-refractivity contribution in [2.24, 2.45) is 5.92 Å². The maximum absolute atomic E-state index is 12.9. The van der Waals surface area contributed by atoms with E-state index in [9.17, 15) is 13.2 Å². The molecule has 7 heteroatoms. The standard InChI is InChI=1S/C25H30N2O4S/c1-17(2)19-6-11-24-23(13-19)20(16-31-24)14-25(28)26-21-7-9-22(10-8-21)32(29,30)27-12-4-5-18(3)15-27/h6-11,13,16-18H,4-5,12,14-15H2,1-3H3,(H,26,28)/t18-/m1/s1. The van der Waals surface area contributed by atoms with E-state index in [1.807, 2.05) is 12.1 Å². The number of sulfonamides is 1. The van der Waals surface area contributed by atoms with Crippen LogP contribution in [0.2, 0.25) is 0 Å². The van der Waals surface area contributed by atoms with Crippen LogP contribution >= 0.6 is 0 Å². The van der Waals surface area contributed by atoms with E-state index in [2.05, 4.69) is 32.2 Å². The molecular weight excluding hydrogens is 424 g/mol. The Balaban J connectivity index is 1.44. The highest BCUT2D eigenvalue weighted by Gasteiger charge is 2.28. The summed E-state index contributed by atoms with van der Waals surface area (Å²) in [6.07, 6.45) is 3.75. The summed E-state index contributed by atoms with van der Waals surface area (Å²) in [6, 6.07) is 12.5. The molecule has 0 radical (unpaired) electrons. The molecular formula is C25H30N2O4S. The molecule has 0 saturated carbocycles. The van der Waals surface area contributed by atoms with Crippen LogP contribution in [-0.2, 0) is 21.2 Å². The molecule has 170 valence electrons. The number of anilines is 1. The summed E-state index contributed by atoms with van der Waals surface area (Å²) in [5, 5.41) is 3.81. The van der Waals surface area contributed by atoms with Gasteiger partial charge in [-0.05, 0) is 66.6 Å². The molecule has 4 rings (SSSR count). The maximum Gasteiger partial charge on any atom is 0.243 e. The van der Waals surface area contributed by atoms with Gasteiger partial charge in [0.05, 0.1) is 17.6 Å². The summed E-state index contributed by atoms with van der Waals surface area (Å²) in [7, 11) is -3.51. The maximum atomic E-state index is 12.9. The van der Waals surface area contributed by atoms with Gasteiger partial charge in [0, 0.05) is 29.7 Å². The number of nitrogens with one attached hydrogen (secondary N) is 1. The lowest BCUT2D eigenvalue weighted by Gasteiger charge is -2.30. The first kappa shape index (κ1) is 22.6. The minimum absolute atomic E-state index is 0.178. The van der Waals surface area contributed by atoms with Gasteiger partial charge >= 0.3 is 0 Å². The average Bonchev–Trinajstić information content (AvgIpc) is 3.16. The molecule has 0 bridgehead atoms. The first-order chi connectivity index (χ1) is 15.2. The summed E-state index contributed by atoms with van der Waals surface area (Å²) in [4.78, 5) is 12.9. The van der Waals surface area contributed by atoms with Crippen LogP contribution in [0.5, 0.6) is 0 Å². The third-order valence-electron chi connectivity index (χ3n) is 6.09. The Bertz CT molecular complexity index is 1210. The molecule has 1 saturated heterocycles. The lowest BCUT2D eigenvalue weighted by atomic mass is 10.00. The van der Waals surface area contributed by atoms with Gasteiger partial charge in [-0.1, -0.05) is 26.8 Å². The number of hydrogen-bond acceptors (Lipinski definition) is 4. The van der Waals surface area contributed by atoms with Crippen LogP contribution in [0.15, 0.2) is 58.0 Å². The Hall–Kier alpha value is -2.64. The quantitative estimate of drug-likeness (QED) is 0.558. The zero-order valence-electron chi connectivity index (χ0n) is 18.8. The van der Waals surface area contributed by atoms with Gasteiger partial charge < -0.3 is 9.73 Å². The predicted molar refractivity (Wildman–Crippen MR) is 126 cm³/mol. The van der Waals surface area contributed by atoms with E-state index in [1.165, 1.54) is 5.56 Å². The number of benzene rings is 2. The van der Waals surface area contributed by atoms with E-state index in [0.29, 0.717) is 30.6 Å². The average molecular weight is 455 g/mol. The van der Waals surface area contributed by atoms with E-state index in [-0.39, 0.29) is 17.2 Å². The molecule has 2 heterocycles. The zero-order chi connectivity index (χ0) is 22.9.